The van der Waals surface area contributed by atoms with E-state index in [1.807, 2.05) is 0 Å². The first kappa shape index (κ1) is 7.27. The molecule has 1 rings (SSSR count). The maximum absolute atomic E-state index is 12.1. The molecule has 0 aliphatic carbocycles. The summed E-state index contributed by atoms with van der Waals surface area (Å²) in [5.41, 5.74) is 0.280. The Bertz CT molecular complexity index is 324. The van der Waals surface area contributed by atoms with Crippen molar-refractivity contribution < 1.29 is 16.7 Å². The molecule has 56 valence electrons. The van der Waals surface area contributed by atoms with E-state index in [-0.39, 0.29) is 5.56 Å². The maximum atomic E-state index is 12.1. The van der Waals surface area contributed by atoms with Gasteiger partial charge in [0.25, 0.3) is 5.09 Å². The first-order valence-electron chi connectivity index (χ1n) is 2.50. The number of hydrogen-bond acceptors (Lipinski definition) is 3. The highest BCUT2D eigenvalue weighted by atomic mass is 32.3. The molecule has 5 heteroatoms. The third-order valence-electron chi connectivity index (χ3n) is 1.04. The summed E-state index contributed by atoms with van der Waals surface area (Å²) in [6.07, 6.45) is 1.13. The molecule has 0 aliphatic heterocycles. The van der Waals surface area contributed by atoms with Crippen LogP contribution in [0.1, 0.15) is 5.56 Å². The van der Waals surface area contributed by atoms with E-state index in [9.17, 15) is 12.3 Å². The van der Waals surface area contributed by atoms with E-state index in [0.717, 1.165) is 6.26 Å². The van der Waals surface area contributed by atoms with Crippen LogP contribution in [0.15, 0.2) is 21.8 Å². The van der Waals surface area contributed by atoms with Gasteiger partial charge in [-0.2, -0.15) is 8.42 Å². The molecule has 0 radical (unpaired) electrons. The number of hydrogen-bond donors (Lipinski definition) is 0. The molecule has 0 amide bonds. The van der Waals surface area contributed by atoms with Crippen molar-refractivity contribution in [2.24, 2.45) is 0 Å². The Morgan fingerprint density at radius 2 is 2.20 bits per heavy atom. The monoisotopic (exact) mass is 164 g/mol. The fraction of sp³-hybridized carbons (Fsp3) is 0.200. The van der Waals surface area contributed by atoms with Crippen molar-refractivity contribution in [1.82, 2.24) is 0 Å². The quantitative estimate of drug-likeness (QED) is 0.587. The van der Waals surface area contributed by atoms with Crippen molar-refractivity contribution in [1.29, 1.82) is 0 Å². The highest BCUT2D eigenvalue weighted by Crippen LogP contribution is 2.17. The van der Waals surface area contributed by atoms with Gasteiger partial charge in [0.1, 0.15) is 0 Å². The molecule has 0 atom stereocenters. The van der Waals surface area contributed by atoms with Crippen LogP contribution in [-0.4, -0.2) is 8.42 Å². The fourth-order valence-electron chi connectivity index (χ4n) is 0.609. The zero-order chi connectivity index (χ0) is 7.78. The van der Waals surface area contributed by atoms with Crippen molar-refractivity contribution in [3.63, 3.8) is 0 Å². The van der Waals surface area contributed by atoms with Crippen LogP contribution < -0.4 is 0 Å². The number of rotatable bonds is 1. The van der Waals surface area contributed by atoms with Gasteiger partial charge in [0.2, 0.25) is 0 Å². The van der Waals surface area contributed by atoms with Crippen LogP contribution in [0.4, 0.5) is 3.89 Å². The predicted octanol–water partition coefficient (Wildman–Crippen LogP) is 1.25. The molecule has 1 heterocycles. The molecule has 0 aromatic carbocycles. The molecule has 0 fully saturated rings. The summed E-state index contributed by atoms with van der Waals surface area (Å²) in [6, 6.07) is 1.38. The Kier molecular flexibility index (Phi) is 1.52. The van der Waals surface area contributed by atoms with E-state index in [0.29, 0.717) is 0 Å². The van der Waals surface area contributed by atoms with Crippen LogP contribution in [0.3, 0.4) is 0 Å². The van der Waals surface area contributed by atoms with E-state index in [1.54, 1.807) is 0 Å². The average Bonchev–Trinajstić information content (AvgIpc) is 2.11. The molecular weight excluding hydrogens is 159 g/mol. The largest absolute Gasteiger partial charge is 0.450 e. The van der Waals surface area contributed by atoms with Crippen molar-refractivity contribution in [2.45, 2.75) is 12.0 Å². The molecule has 10 heavy (non-hydrogen) atoms. The highest BCUT2D eigenvalue weighted by molar-refractivity contribution is 7.86. The van der Waals surface area contributed by atoms with Crippen LogP contribution in [0.5, 0.6) is 0 Å². The minimum Gasteiger partial charge on any atom is -0.450 e. The Labute approximate surface area is 57.7 Å². The molecular formula is C5H5FO3S. The second kappa shape index (κ2) is 2.09. The number of halogens is 1. The van der Waals surface area contributed by atoms with Gasteiger partial charge in [-0.3, -0.25) is 0 Å². The van der Waals surface area contributed by atoms with Crippen molar-refractivity contribution >= 4 is 10.2 Å². The molecule has 0 N–H and O–H groups in total. The van der Waals surface area contributed by atoms with Gasteiger partial charge >= 0.3 is 10.2 Å². The summed E-state index contributed by atoms with van der Waals surface area (Å²) >= 11 is 0. The molecule has 0 saturated carbocycles. The minimum absolute atomic E-state index is 0.280. The van der Waals surface area contributed by atoms with Crippen LogP contribution in [0.2, 0.25) is 0 Å². The van der Waals surface area contributed by atoms with Gasteiger partial charge in [-0.25, -0.2) is 0 Å². The van der Waals surface area contributed by atoms with Crippen LogP contribution in [0.25, 0.3) is 0 Å². The molecule has 0 spiro atoms. The minimum atomic E-state index is -4.66. The SMILES string of the molecule is Cc1ccoc1S(=O)(=O)F. The molecule has 1 aromatic rings. The van der Waals surface area contributed by atoms with Gasteiger partial charge in [0.05, 0.1) is 6.26 Å². The summed E-state index contributed by atoms with van der Waals surface area (Å²) in [6.45, 7) is 1.45. The summed E-state index contributed by atoms with van der Waals surface area (Å²) in [5.74, 6) is 0. The van der Waals surface area contributed by atoms with Crippen LogP contribution >= 0.6 is 0 Å². The number of furan rings is 1. The van der Waals surface area contributed by atoms with Crippen molar-refractivity contribution in [2.75, 3.05) is 0 Å². The lowest BCUT2D eigenvalue weighted by Gasteiger charge is -1.87. The lowest BCUT2D eigenvalue weighted by molar-refractivity contribution is 0.431. The standard InChI is InChI=1S/C5H5FO3S/c1-4-2-3-9-5(4)10(6,7)8/h2-3H,1H3. The van der Waals surface area contributed by atoms with Crippen LogP contribution in [0, 0.1) is 6.92 Å². The van der Waals surface area contributed by atoms with E-state index in [4.69, 9.17) is 0 Å². The van der Waals surface area contributed by atoms with E-state index in [2.05, 4.69) is 4.42 Å². The second-order valence-corrected chi connectivity index (χ2v) is 3.08. The normalized spacial score (nSPS) is 11.8. The number of aryl methyl sites for hydroxylation is 1. The van der Waals surface area contributed by atoms with Gasteiger partial charge in [-0.05, 0) is 13.0 Å². The van der Waals surface area contributed by atoms with Crippen molar-refractivity contribution in [3.05, 3.63) is 17.9 Å². The predicted molar refractivity (Wildman–Crippen MR) is 31.7 cm³/mol. The van der Waals surface area contributed by atoms with Gasteiger partial charge in [-0.15, -0.1) is 0 Å². The van der Waals surface area contributed by atoms with Gasteiger partial charge in [0.15, 0.2) is 0 Å². The van der Waals surface area contributed by atoms with Gasteiger partial charge in [-0.1, -0.05) is 3.89 Å². The Balaban J connectivity index is 3.32. The molecule has 3 nitrogen and oxygen atoms in total. The molecule has 0 unspecified atom stereocenters. The van der Waals surface area contributed by atoms with E-state index in [1.165, 1.54) is 13.0 Å². The van der Waals surface area contributed by atoms with E-state index < -0.39 is 15.3 Å². The fourth-order valence-corrected chi connectivity index (χ4v) is 1.23. The second-order valence-electron chi connectivity index (χ2n) is 1.83. The summed E-state index contributed by atoms with van der Waals surface area (Å²) < 4.78 is 36.8. The van der Waals surface area contributed by atoms with Gasteiger partial charge in [0, 0.05) is 5.56 Å². The average molecular weight is 164 g/mol. The van der Waals surface area contributed by atoms with Crippen LogP contribution in [-0.2, 0) is 10.2 Å². The molecule has 0 bridgehead atoms. The summed E-state index contributed by atoms with van der Waals surface area (Å²) in [4.78, 5) is 0. The van der Waals surface area contributed by atoms with Crippen molar-refractivity contribution in [3.8, 4) is 0 Å². The maximum Gasteiger partial charge on any atom is 0.366 e. The lowest BCUT2D eigenvalue weighted by atomic mass is 10.4. The third-order valence-corrected chi connectivity index (χ3v) is 1.90. The molecule has 0 aliphatic rings. The smallest absolute Gasteiger partial charge is 0.366 e. The topological polar surface area (TPSA) is 47.3 Å². The van der Waals surface area contributed by atoms with Gasteiger partial charge < -0.3 is 4.42 Å². The molecule has 1 aromatic heterocycles. The highest BCUT2D eigenvalue weighted by Gasteiger charge is 2.18. The lowest BCUT2D eigenvalue weighted by Crippen LogP contribution is -1.90. The van der Waals surface area contributed by atoms with E-state index >= 15 is 0 Å². The Morgan fingerprint density at radius 3 is 2.40 bits per heavy atom. The Hall–Kier alpha value is -0.840. The Morgan fingerprint density at radius 1 is 1.60 bits per heavy atom. The molecule has 0 saturated heterocycles. The third kappa shape index (κ3) is 1.18. The first-order chi connectivity index (χ1) is 4.52. The zero-order valence-corrected chi connectivity index (χ0v) is 5.98. The summed E-state index contributed by atoms with van der Waals surface area (Å²) in [5, 5.41) is -0.604. The summed E-state index contributed by atoms with van der Waals surface area (Å²) in [7, 11) is -4.66. The first-order valence-corrected chi connectivity index (χ1v) is 3.89. The zero-order valence-electron chi connectivity index (χ0n) is 5.17.